The molecule has 2 heterocycles. The van der Waals surface area contributed by atoms with Gasteiger partial charge in [0, 0.05) is 31.0 Å². The van der Waals surface area contributed by atoms with Crippen LogP contribution in [0, 0.1) is 11.8 Å². The Kier molecular flexibility index (Phi) is 2.50. The molecule has 2 nitrogen and oxygen atoms in total. The molecule has 1 aliphatic carbocycles. The molecule has 3 fully saturated rings. The summed E-state index contributed by atoms with van der Waals surface area (Å²) in [6.07, 6.45) is 7.32. The lowest BCUT2D eigenvalue weighted by Crippen LogP contribution is -2.36. The Morgan fingerprint density at radius 2 is 1.50 bits per heavy atom. The molecule has 0 N–H and O–H groups in total. The van der Waals surface area contributed by atoms with Crippen LogP contribution in [0.1, 0.15) is 32.1 Å². The summed E-state index contributed by atoms with van der Waals surface area (Å²) in [5, 5.41) is 0. The molecule has 0 amide bonds. The first-order chi connectivity index (χ1) is 6.93. The number of nitrogens with zero attached hydrogens (tertiary/aromatic N) is 1. The quantitative estimate of drug-likeness (QED) is 0.633. The zero-order valence-electron chi connectivity index (χ0n) is 8.95. The Morgan fingerprint density at radius 1 is 0.857 bits per heavy atom. The highest BCUT2D eigenvalue weighted by atomic mass is 16.5. The molecule has 1 saturated carbocycles. The van der Waals surface area contributed by atoms with Gasteiger partial charge in [0.15, 0.2) is 0 Å². The fourth-order valence-electron chi connectivity index (χ4n) is 3.47. The Balaban J connectivity index is 1.59. The molecule has 2 aliphatic heterocycles. The van der Waals surface area contributed by atoms with Gasteiger partial charge in [0.1, 0.15) is 0 Å². The minimum Gasteiger partial charge on any atom is -0.381 e. The molecule has 0 aromatic rings. The fourth-order valence-corrected chi connectivity index (χ4v) is 3.47. The van der Waals surface area contributed by atoms with Crippen molar-refractivity contribution in [3.63, 3.8) is 0 Å². The SMILES string of the molecule is C1CCC(N2CC3COCC3C2)CC1. The van der Waals surface area contributed by atoms with Crippen molar-refractivity contribution in [2.24, 2.45) is 11.8 Å². The van der Waals surface area contributed by atoms with E-state index in [2.05, 4.69) is 4.90 Å². The second kappa shape index (κ2) is 3.82. The zero-order chi connectivity index (χ0) is 9.38. The molecule has 2 unspecified atom stereocenters. The van der Waals surface area contributed by atoms with E-state index in [9.17, 15) is 0 Å². The van der Waals surface area contributed by atoms with Crippen molar-refractivity contribution in [1.82, 2.24) is 4.90 Å². The predicted octanol–water partition coefficient (Wildman–Crippen LogP) is 1.90. The maximum Gasteiger partial charge on any atom is 0.0510 e. The van der Waals surface area contributed by atoms with Gasteiger partial charge in [0.05, 0.1) is 13.2 Å². The van der Waals surface area contributed by atoms with Gasteiger partial charge in [-0.1, -0.05) is 19.3 Å². The second-order valence-corrected chi connectivity index (χ2v) is 5.30. The summed E-state index contributed by atoms with van der Waals surface area (Å²) in [6, 6.07) is 0.925. The average Bonchev–Trinajstić information content (AvgIpc) is 2.78. The normalized spacial score (nSPS) is 40.3. The Bertz CT molecular complexity index is 188. The molecule has 0 radical (unpaired) electrons. The monoisotopic (exact) mass is 195 g/mol. The topological polar surface area (TPSA) is 12.5 Å². The van der Waals surface area contributed by atoms with Crippen molar-refractivity contribution in [1.29, 1.82) is 0 Å². The third kappa shape index (κ3) is 1.59. The van der Waals surface area contributed by atoms with E-state index in [1.165, 1.54) is 45.2 Å². The summed E-state index contributed by atoms with van der Waals surface area (Å²) in [5.74, 6) is 1.74. The molecule has 3 rings (SSSR count). The van der Waals surface area contributed by atoms with Crippen molar-refractivity contribution in [2.75, 3.05) is 26.3 Å². The molecule has 3 aliphatic rings. The molecule has 0 aromatic carbocycles. The summed E-state index contributed by atoms with van der Waals surface area (Å²) < 4.78 is 5.52. The van der Waals surface area contributed by atoms with Gasteiger partial charge in [-0.05, 0) is 12.8 Å². The maximum absolute atomic E-state index is 5.52. The number of fused-ring (bicyclic) bond motifs is 1. The van der Waals surface area contributed by atoms with Crippen molar-refractivity contribution in [2.45, 2.75) is 38.1 Å². The van der Waals surface area contributed by atoms with Crippen LogP contribution in [0.15, 0.2) is 0 Å². The number of ether oxygens (including phenoxy) is 1. The first-order valence-corrected chi connectivity index (χ1v) is 6.25. The Morgan fingerprint density at radius 3 is 2.14 bits per heavy atom. The summed E-state index contributed by atoms with van der Waals surface area (Å²) in [6.45, 7) is 4.73. The van der Waals surface area contributed by atoms with E-state index < -0.39 is 0 Å². The minimum absolute atomic E-state index is 0.872. The predicted molar refractivity (Wildman–Crippen MR) is 56.2 cm³/mol. The molecule has 80 valence electrons. The number of likely N-dealkylation sites (tertiary alicyclic amines) is 1. The largest absolute Gasteiger partial charge is 0.381 e. The van der Waals surface area contributed by atoms with E-state index in [1.807, 2.05) is 0 Å². The summed E-state index contributed by atoms with van der Waals surface area (Å²) in [7, 11) is 0. The van der Waals surface area contributed by atoms with Crippen LogP contribution in [0.2, 0.25) is 0 Å². The van der Waals surface area contributed by atoms with Crippen molar-refractivity contribution in [3.05, 3.63) is 0 Å². The van der Waals surface area contributed by atoms with Gasteiger partial charge in [-0.15, -0.1) is 0 Å². The molecule has 0 spiro atoms. The van der Waals surface area contributed by atoms with E-state index in [1.54, 1.807) is 0 Å². The van der Waals surface area contributed by atoms with Crippen LogP contribution in [-0.2, 0) is 4.74 Å². The van der Waals surface area contributed by atoms with Crippen LogP contribution in [0.25, 0.3) is 0 Å². The average molecular weight is 195 g/mol. The number of hydrogen-bond acceptors (Lipinski definition) is 2. The third-order valence-electron chi connectivity index (χ3n) is 4.36. The molecular formula is C12H21NO. The molecule has 14 heavy (non-hydrogen) atoms. The standard InChI is InChI=1S/C12H21NO/c1-2-4-12(5-3-1)13-6-10-8-14-9-11(10)7-13/h10-12H,1-9H2. The minimum atomic E-state index is 0.872. The van der Waals surface area contributed by atoms with E-state index >= 15 is 0 Å². The van der Waals surface area contributed by atoms with Gasteiger partial charge in [0.2, 0.25) is 0 Å². The Labute approximate surface area is 86.6 Å². The lowest BCUT2D eigenvalue weighted by Gasteiger charge is -2.31. The summed E-state index contributed by atoms with van der Waals surface area (Å²) in [4.78, 5) is 2.76. The number of hydrogen-bond donors (Lipinski definition) is 0. The van der Waals surface area contributed by atoms with E-state index in [0.717, 1.165) is 31.1 Å². The third-order valence-corrected chi connectivity index (χ3v) is 4.36. The summed E-state index contributed by atoms with van der Waals surface area (Å²) in [5.41, 5.74) is 0. The lowest BCUT2D eigenvalue weighted by molar-refractivity contribution is 0.125. The van der Waals surface area contributed by atoms with Gasteiger partial charge in [0.25, 0.3) is 0 Å². The second-order valence-electron chi connectivity index (χ2n) is 5.30. The van der Waals surface area contributed by atoms with Crippen LogP contribution < -0.4 is 0 Å². The van der Waals surface area contributed by atoms with E-state index in [-0.39, 0.29) is 0 Å². The van der Waals surface area contributed by atoms with Crippen LogP contribution in [0.5, 0.6) is 0 Å². The van der Waals surface area contributed by atoms with Crippen LogP contribution in [-0.4, -0.2) is 37.2 Å². The van der Waals surface area contributed by atoms with Gasteiger partial charge >= 0.3 is 0 Å². The van der Waals surface area contributed by atoms with Crippen molar-refractivity contribution in [3.8, 4) is 0 Å². The van der Waals surface area contributed by atoms with Gasteiger partial charge in [-0.2, -0.15) is 0 Å². The van der Waals surface area contributed by atoms with Crippen LogP contribution in [0.4, 0.5) is 0 Å². The molecule has 2 saturated heterocycles. The highest BCUT2D eigenvalue weighted by Crippen LogP contribution is 2.33. The molecule has 2 atom stereocenters. The lowest BCUT2D eigenvalue weighted by atomic mass is 9.94. The molecule has 0 bridgehead atoms. The Hall–Kier alpha value is -0.0800. The van der Waals surface area contributed by atoms with Gasteiger partial charge in [-0.25, -0.2) is 0 Å². The highest BCUT2D eigenvalue weighted by Gasteiger charge is 2.39. The smallest absolute Gasteiger partial charge is 0.0510 e. The van der Waals surface area contributed by atoms with Crippen molar-refractivity contribution < 1.29 is 4.74 Å². The van der Waals surface area contributed by atoms with E-state index in [0.29, 0.717) is 0 Å². The van der Waals surface area contributed by atoms with Gasteiger partial charge < -0.3 is 4.74 Å². The number of rotatable bonds is 1. The van der Waals surface area contributed by atoms with Crippen LogP contribution in [0.3, 0.4) is 0 Å². The van der Waals surface area contributed by atoms with Crippen molar-refractivity contribution >= 4 is 0 Å². The van der Waals surface area contributed by atoms with E-state index in [4.69, 9.17) is 4.74 Å². The first-order valence-electron chi connectivity index (χ1n) is 6.25. The van der Waals surface area contributed by atoms with Gasteiger partial charge in [-0.3, -0.25) is 4.90 Å². The molecule has 0 aromatic heterocycles. The maximum atomic E-state index is 5.52. The van der Waals surface area contributed by atoms with Crippen LogP contribution >= 0.6 is 0 Å². The highest BCUT2D eigenvalue weighted by molar-refractivity contribution is 4.91. The summed E-state index contributed by atoms with van der Waals surface area (Å²) >= 11 is 0. The molecular weight excluding hydrogens is 174 g/mol. The fraction of sp³-hybridized carbons (Fsp3) is 1.00. The zero-order valence-corrected chi connectivity index (χ0v) is 8.95. The molecule has 2 heteroatoms. The first kappa shape index (κ1) is 9.17.